The fourth-order valence-corrected chi connectivity index (χ4v) is 3.81. The van der Waals surface area contributed by atoms with Gasteiger partial charge in [0.05, 0.1) is 5.39 Å². The third kappa shape index (κ3) is 3.20. The third-order valence-electron chi connectivity index (χ3n) is 5.42. The minimum absolute atomic E-state index is 0.0149. The molecule has 0 saturated carbocycles. The van der Waals surface area contributed by atoms with Gasteiger partial charge in [0, 0.05) is 30.6 Å². The molecule has 5 rings (SSSR count). The molecule has 8 nitrogen and oxygen atoms in total. The van der Waals surface area contributed by atoms with Crippen LogP contribution >= 0.6 is 0 Å². The van der Waals surface area contributed by atoms with E-state index in [9.17, 15) is 4.79 Å². The number of benzene rings is 1. The predicted octanol–water partition coefficient (Wildman–Crippen LogP) is 2.87. The molecular formula is C22H21N5O3. The molecule has 1 N–H and O–H groups in total. The number of ether oxygens (including phenoxy) is 2. The van der Waals surface area contributed by atoms with Gasteiger partial charge in [0.15, 0.2) is 22.8 Å². The summed E-state index contributed by atoms with van der Waals surface area (Å²) in [5, 5.41) is 8.47. The number of amides is 1. The van der Waals surface area contributed by atoms with Gasteiger partial charge in [-0.25, -0.2) is 14.5 Å². The van der Waals surface area contributed by atoms with Crippen molar-refractivity contribution in [2.75, 3.05) is 6.79 Å². The Morgan fingerprint density at radius 1 is 1.20 bits per heavy atom. The summed E-state index contributed by atoms with van der Waals surface area (Å²) in [5.41, 5.74) is 5.37. The lowest BCUT2D eigenvalue weighted by Crippen LogP contribution is -2.23. The lowest BCUT2D eigenvalue weighted by Gasteiger charge is -2.11. The molecule has 0 unspecified atom stereocenters. The molecule has 0 radical (unpaired) electrons. The predicted molar refractivity (Wildman–Crippen MR) is 110 cm³/mol. The Hall–Kier alpha value is -3.68. The quantitative estimate of drug-likeness (QED) is 0.551. The number of carbonyl (C=O) groups is 1. The normalized spacial score (nSPS) is 12.6. The summed E-state index contributed by atoms with van der Waals surface area (Å²) in [6.45, 7) is 4.67. The molecule has 0 spiro atoms. The summed E-state index contributed by atoms with van der Waals surface area (Å²) in [7, 11) is 0. The van der Waals surface area contributed by atoms with Crippen molar-refractivity contribution >= 4 is 22.6 Å². The highest BCUT2D eigenvalue weighted by Gasteiger charge is 2.16. The van der Waals surface area contributed by atoms with Gasteiger partial charge in [-0.15, -0.1) is 5.10 Å². The van der Waals surface area contributed by atoms with Gasteiger partial charge in [0.25, 0.3) is 0 Å². The Kier molecular flexibility index (Phi) is 4.46. The van der Waals surface area contributed by atoms with Gasteiger partial charge in [-0.2, -0.15) is 0 Å². The van der Waals surface area contributed by atoms with Gasteiger partial charge in [-0.05, 0) is 55.7 Å². The summed E-state index contributed by atoms with van der Waals surface area (Å²) in [6, 6.07) is 9.54. The fourth-order valence-electron chi connectivity index (χ4n) is 3.81. The molecule has 3 aromatic heterocycles. The van der Waals surface area contributed by atoms with E-state index in [1.807, 2.05) is 48.7 Å². The van der Waals surface area contributed by atoms with E-state index >= 15 is 0 Å². The highest BCUT2D eigenvalue weighted by Crippen LogP contribution is 2.32. The Labute approximate surface area is 172 Å². The van der Waals surface area contributed by atoms with Gasteiger partial charge in [-0.1, -0.05) is 6.07 Å². The average molecular weight is 403 g/mol. The number of nitrogens with one attached hydrogen (secondary N) is 1. The second-order valence-corrected chi connectivity index (χ2v) is 7.34. The molecule has 1 aliphatic rings. The van der Waals surface area contributed by atoms with E-state index in [1.54, 1.807) is 6.20 Å². The summed E-state index contributed by atoms with van der Waals surface area (Å²) >= 11 is 0. The number of hydrogen-bond donors (Lipinski definition) is 1. The van der Waals surface area contributed by atoms with Gasteiger partial charge in [-0.3, -0.25) is 4.79 Å². The number of aromatic nitrogens is 4. The molecule has 1 aliphatic heterocycles. The smallest absolute Gasteiger partial charge is 0.231 e. The van der Waals surface area contributed by atoms with Crippen LogP contribution in [0.3, 0.4) is 0 Å². The zero-order chi connectivity index (χ0) is 20.7. The van der Waals surface area contributed by atoms with Gasteiger partial charge < -0.3 is 14.8 Å². The summed E-state index contributed by atoms with van der Waals surface area (Å²) in [4.78, 5) is 21.5. The molecule has 152 valence electrons. The first-order chi connectivity index (χ1) is 14.6. The first-order valence-electron chi connectivity index (χ1n) is 9.85. The number of carbonyl (C=O) groups excluding carboxylic acids is 1. The lowest BCUT2D eigenvalue weighted by molar-refractivity contribution is -0.121. The number of nitrogens with zero attached hydrogens (tertiary/aromatic N) is 4. The largest absolute Gasteiger partial charge is 0.454 e. The molecule has 0 fully saturated rings. The molecule has 0 bridgehead atoms. The zero-order valence-corrected chi connectivity index (χ0v) is 16.8. The average Bonchev–Trinajstić information content (AvgIpc) is 3.36. The van der Waals surface area contributed by atoms with E-state index in [0.717, 1.165) is 39.3 Å². The first-order valence-corrected chi connectivity index (χ1v) is 9.85. The Bertz CT molecular complexity index is 1280. The SMILES string of the molecule is Cc1nc2c3cccnc3nn2c(C)c1CCC(=O)NCc1ccc2c(c1)OCO2. The van der Waals surface area contributed by atoms with Crippen LogP contribution in [0.1, 0.15) is 28.9 Å². The van der Waals surface area contributed by atoms with E-state index in [0.29, 0.717) is 30.8 Å². The fraction of sp³-hybridized carbons (Fsp3) is 0.273. The Morgan fingerprint density at radius 2 is 2.07 bits per heavy atom. The van der Waals surface area contributed by atoms with E-state index in [1.165, 1.54) is 0 Å². The van der Waals surface area contributed by atoms with Crippen LogP contribution in [-0.2, 0) is 17.8 Å². The number of aryl methyl sites for hydroxylation is 2. The molecule has 4 heterocycles. The summed E-state index contributed by atoms with van der Waals surface area (Å²) < 4.78 is 12.5. The topological polar surface area (TPSA) is 90.6 Å². The van der Waals surface area contributed by atoms with Crippen molar-refractivity contribution in [2.24, 2.45) is 0 Å². The molecule has 30 heavy (non-hydrogen) atoms. The number of rotatable bonds is 5. The van der Waals surface area contributed by atoms with Crippen molar-refractivity contribution in [1.29, 1.82) is 0 Å². The number of fused-ring (bicyclic) bond motifs is 4. The van der Waals surface area contributed by atoms with Gasteiger partial charge in [0.1, 0.15) is 0 Å². The van der Waals surface area contributed by atoms with E-state index in [-0.39, 0.29) is 12.7 Å². The maximum atomic E-state index is 12.4. The summed E-state index contributed by atoms with van der Waals surface area (Å²) in [5.74, 6) is 1.44. The first kappa shape index (κ1) is 18.4. The monoisotopic (exact) mass is 403 g/mol. The van der Waals surface area contributed by atoms with Crippen LogP contribution in [-0.4, -0.2) is 32.3 Å². The van der Waals surface area contributed by atoms with Crippen LogP contribution in [0.4, 0.5) is 0 Å². The minimum Gasteiger partial charge on any atom is -0.454 e. The van der Waals surface area contributed by atoms with Crippen molar-refractivity contribution in [3.8, 4) is 11.5 Å². The Morgan fingerprint density at radius 3 is 2.97 bits per heavy atom. The molecule has 0 saturated heterocycles. The summed E-state index contributed by atoms with van der Waals surface area (Å²) in [6.07, 6.45) is 2.69. The van der Waals surface area contributed by atoms with E-state index < -0.39 is 0 Å². The molecule has 1 aromatic carbocycles. The van der Waals surface area contributed by atoms with Crippen LogP contribution in [0.15, 0.2) is 36.5 Å². The van der Waals surface area contributed by atoms with E-state index in [4.69, 9.17) is 14.5 Å². The van der Waals surface area contributed by atoms with Gasteiger partial charge >= 0.3 is 0 Å². The standard InChI is InChI=1S/C22H21N5O3/c1-13-16(14(2)27-22(25-13)17-4-3-9-23-21(17)26-27)6-8-20(28)24-11-15-5-7-18-19(10-15)30-12-29-18/h3-5,7,9-10H,6,8,11-12H2,1-2H3,(H,24,28). The minimum atomic E-state index is -0.0149. The van der Waals surface area contributed by atoms with Crippen LogP contribution < -0.4 is 14.8 Å². The third-order valence-corrected chi connectivity index (χ3v) is 5.42. The zero-order valence-electron chi connectivity index (χ0n) is 16.8. The van der Waals surface area contributed by atoms with Crippen molar-refractivity contribution in [1.82, 2.24) is 24.9 Å². The van der Waals surface area contributed by atoms with E-state index in [2.05, 4.69) is 15.4 Å². The highest BCUT2D eigenvalue weighted by molar-refractivity contribution is 5.89. The second-order valence-electron chi connectivity index (χ2n) is 7.34. The molecular weight excluding hydrogens is 382 g/mol. The molecule has 0 aliphatic carbocycles. The lowest BCUT2D eigenvalue weighted by atomic mass is 10.1. The van der Waals surface area contributed by atoms with Crippen molar-refractivity contribution in [2.45, 2.75) is 33.2 Å². The van der Waals surface area contributed by atoms with Crippen LogP contribution in [0.5, 0.6) is 11.5 Å². The molecule has 1 amide bonds. The van der Waals surface area contributed by atoms with Crippen molar-refractivity contribution in [3.63, 3.8) is 0 Å². The van der Waals surface area contributed by atoms with Crippen LogP contribution in [0.2, 0.25) is 0 Å². The highest BCUT2D eigenvalue weighted by atomic mass is 16.7. The molecule has 0 atom stereocenters. The second kappa shape index (κ2) is 7.29. The number of hydrogen-bond acceptors (Lipinski definition) is 6. The number of pyridine rings is 1. The maximum Gasteiger partial charge on any atom is 0.231 e. The molecule has 8 heteroatoms. The van der Waals surface area contributed by atoms with Crippen molar-refractivity contribution < 1.29 is 14.3 Å². The van der Waals surface area contributed by atoms with Gasteiger partial charge in [0.2, 0.25) is 12.7 Å². The van der Waals surface area contributed by atoms with Crippen LogP contribution in [0.25, 0.3) is 16.7 Å². The Balaban J connectivity index is 1.28. The van der Waals surface area contributed by atoms with Crippen molar-refractivity contribution in [3.05, 3.63) is 59.0 Å². The van der Waals surface area contributed by atoms with Crippen LogP contribution in [0, 0.1) is 13.8 Å². The molecule has 4 aromatic rings. The maximum absolute atomic E-state index is 12.4.